The highest BCUT2D eigenvalue weighted by atomic mass is 16.6. The molecule has 1 amide bonds. The highest BCUT2D eigenvalue weighted by molar-refractivity contribution is 5.84. The fraction of sp³-hybridized carbons (Fsp3) is 0.222. The highest BCUT2D eigenvalue weighted by Gasteiger charge is 2.13. The van der Waals surface area contributed by atoms with Crippen LogP contribution in [0.2, 0.25) is 0 Å². The fourth-order valence-corrected chi connectivity index (χ4v) is 2.21. The third-order valence-corrected chi connectivity index (χ3v) is 3.50. The van der Waals surface area contributed by atoms with Gasteiger partial charge in [0, 0.05) is 11.6 Å². The molecule has 0 unspecified atom stereocenters. The van der Waals surface area contributed by atoms with E-state index < -0.39 is 22.3 Å². The van der Waals surface area contributed by atoms with E-state index in [1.165, 1.54) is 18.3 Å². The number of benzene rings is 2. The minimum absolute atomic E-state index is 0.212. The lowest BCUT2D eigenvalue weighted by atomic mass is 10.0. The number of hydrogen-bond donors (Lipinski definition) is 2. The first kappa shape index (κ1) is 18.9. The lowest BCUT2D eigenvalue weighted by Gasteiger charge is -2.12. The van der Waals surface area contributed by atoms with Gasteiger partial charge in [-0.25, -0.2) is 5.43 Å². The molecule has 0 aliphatic carbocycles. The largest absolute Gasteiger partial charge is 0.502 e. The normalized spacial score (nSPS) is 10.9. The van der Waals surface area contributed by atoms with Gasteiger partial charge >= 0.3 is 5.69 Å². The van der Waals surface area contributed by atoms with Crippen molar-refractivity contribution in [2.45, 2.75) is 19.8 Å². The van der Waals surface area contributed by atoms with Crippen LogP contribution in [-0.2, 0) is 4.79 Å². The molecule has 0 radical (unpaired) electrons. The molecule has 0 spiro atoms. The summed E-state index contributed by atoms with van der Waals surface area (Å²) in [5.41, 5.74) is 3.21. The second-order valence-corrected chi connectivity index (χ2v) is 5.78. The summed E-state index contributed by atoms with van der Waals surface area (Å²) in [7, 11) is 0. The topological polar surface area (TPSA) is 114 Å². The van der Waals surface area contributed by atoms with E-state index in [0.29, 0.717) is 11.3 Å². The van der Waals surface area contributed by atoms with Crippen LogP contribution in [0.25, 0.3) is 0 Å². The third-order valence-electron chi connectivity index (χ3n) is 3.50. The molecule has 0 aliphatic heterocycles. The molecule has 0 fully saturated rings. The van der Waals surface area contributed by atoms with E-state index >= 15 is 0 Å². The lowest BCUT2D eigenvalue weighted by molar-refractivity contribution is -0.385. The maximum absolute atomic E-state index is 11.8. The summed E-state index contributed by atoms with van der Waals surface area (Å²) in [5, 5.41) is 23.9. The van der Waals surface area contributed by atoms with E-state index in [1.54, 1.807) is 6.07 Å². The van der Waals surface area contributed by atoms with Crippen LogP contribution in [0.1, 0.15) is 30.9 Å². The zero-order valence-corrected chi connectivity index (χ0v) is 14.4. The SMILES string of the molecule is CC(C)c1ccccc1OCC(=O)N/N=C/c1ccc(O)c([N+](=O)[O-])c1. The summed E-state index contributed by atoms with van der Waals surface area (Å²) in [6, 6.07) is 11.2. The van der Waals surface area contributed by atoms with E-state index in [-0.39, 0.29) is 12.5 Å². The first-order valence-corrected chi connectivity index (χ1v) is 7.89. The number of rotatable bonds is 7. The van der Waals surface area contributed by atoms with Gasteiger partial charge in [0.1, 0.15) is 5.75 Å². The Labute approximate surface area is 150 Å². The van der Waals surface area contributed by atoms with Crippen LogP contribution >= 0.6 is 0 Å². The zero-order valence-electron chi connectivity index (χ0n) is 14.4. The van der Waals surface area contributed by atoms with Crippen LogP contribution in [0, 0.1) is 10.1 Å². The van der Waals surface area contributed by atoms with Crippen molar-refractivity contribution in [1.29, 1.82) is 0 Å². The molecular formula is C18H19N3O5. The average Bonchev–Trinajstić information content (AvgIpc) is 2.61. The van der Waals surface area contributed by atoms with Gasteiger partial charge in [0.2, 0.25) is 0 Å². The monoisotopic (exact) mass is 357 g/mol. The molecule has 0 atom stereocenters. The van der Waals surface area contributed by atoms with Crippen molar-refractivity contribution in [2.75, 3.05) is 6.61 Å². The molecule has 2 rings (SSSR count). The molecular weight excluding hydrogens is 338 g/mol. The van der Waals surface area contributed by atoms with Gasteiger partial charge in [-0.3, -0.25) is 14.9 Å². The van der Waals surface area contributed by atoms with E-state index in [9.17, 15) is 20.0 Å². The van der Waals surface area contributed by atoms with Crippen molar-refractivity contribution in [3.8, 4) is 11.5 Å². The summed E-state index contributed by atoms with van der Waals surface area (Å²) >= 11 is 0. The molecule has 2 N–H and O–H groups in total. The Morgan fingerprint density at radius 1 is 1.35 bits per heavy atom. The molecule has 136 valence electrons. The summed E-state index contributed by atoms with van der Waals surface area (Å²) < 4.78 is 5.52. The quantitative estimate of drug-likeness (QED) is 0.449. The second kappa shape index (κ2) is 8.61. The molecule has 0 bridgehead atoms. The molecule has 0 saturated carbocycles. The van der Waals surface area contributed by atoms with Crippen molar-refractivity contribution < 1.29 is 19.6 Å². The number of nitrogens with zero attached hydrogens (tertiary/aromatic N) is 2. The van der Waals surface area contributed by atoms with Crippen molar-refractivity contribution in [1.82, 2.24) is 5.43 Å². The maximum atomic E-state index is 11.8. The van der Waals surface area contributed by atoms with Gasteiger partial charge in [0.15, 0.2) is 12.4 Å². The van der Waals surface area contributed by atoms with E-state index in [2.05, 4.69) is 10.5 Å². The van der Waals surface area contributed by atoms with Gasteiger partial charge in [-0.05, 0) is 29.7 Å². The lowest BCUT2D eigenvalue weighted by Crippen LogP contribution is -2.24. The molecule has 8 heteroatoms. The Bertz CT molecular complexity index is 833. The van der Waals surface area contributed by atoms with Crippen LogP contribution in [0.15, 0.2) is 47.6 Å². The molecule has 0 heterocycles. The van der Waals surface area contributed by atoms with Crippen molar-refractivity contribution in [2.24, 2.45) is 5.10 Å². The third kappa shape index (κ3) is 5.04. The van der Waals surface area contributed by atoms with Crippen LogP contribution < -0.4 is 10.2 Å². The number of carbonyl (C=O) groups is 1. The minimum Gasteiger partial charge on any atom is -0.502 e. The van der Waals surface area contributed by atoms with Gasteiger partial charge in [-0.1, -0.05) is 32.0 Å². The van der Waals surface area contributed by atoms with Gasteiger partial charge in [0.25, 0.3) is 5.91 Å². The van der Waals surface area contributed by atoms with Crippen molar-refractivity contribution in [3.63, 3.8) is 0 Å². The Morgan fingerprint density at radius 2 is 2.08 bits per heavy atom. The molecule has 26 heavy (non-hydrogen) atoms. The standard InChI is InChI=1S/C18H19N3O5/c1-12(2)14-5-3-4-6-17(14)26-11-18(23)20-19-10-13-7-8-16(22)15(9-13)21(24)25/h3-10,12,22H,11H2,1-2H3,(H,20,23)/b19-10+. The van der Waals surface area contributed by atoms with Gasteiger partial charge in [-0.15, -0.1) is 0 Å². The smallest absolute Gasteiger partial charge is 0.311 e. The summed E-state index contributed by atoms with van der Waals surface area (Å²) in [6.07, 6.45) is 1.24. The Morgan fingerprint density at radius 3 is 2.77 bits per heavy atom. The van der Waals surface area contributed by atoms with Crippen LogP contribution in [0.5, 0.6) is 11.5 Å². The van der Waals surface area contributed by atoms with Crippen LogP contribution in [-0.4, -0.2) is 28.8 Å². The minimum atomic E-state index is -0.703. The Kier molecular flexibility index (Phi) is 6.26. The molecule has 0 saturated heterocycles. The summed E-state index contributed by atoms with van der Waals surface area (Å²) in [4.78, 5) is 21.9. The van der Waals surface area contributed by atoms with Gasteiger partial charge in [0.05, 0.1) is 11.1 Å². The molecule has 8 nitrogen and oxygen atoms in total. The zero-order chi connectivity index (χ0) is 19.1. The average molecular weight is 357 g/mol. The molecule has 0 aliphatic rings. The number of phenolic OH excluding ortho intramolecular Hbond substituents is 1. The predicted molar refractivity (Wildman–Crippen MR) is 96.5 cm³/mol. The fourth-order valence-electron chi connectivity index (χ4n) is 2.21. The number of hydrogen-bond acceptors (Lipinski definition) is 6. The summed E-state index contributed by atoms with van der Waals surface area (Å²) in [5.74, 6) is -0.00477. The number of nitrogens with one attached hydrogen (secondary N) is 1. The van der Waals surface area contributed by atoms with Crippen LogP contribution in [0.4, 0.5) is 5.69 Å². The molecule has 0 aromatic heterocycles. The number of aromatic hydroxyl groups is 1. The van der Waals surface area contributed by atoms with Crippen LogP contribution in [0.3, 0.4) is 0 Å². The number of amides is 1. The second-order valence-electron chi connectivity index (χ2n) is 5.78. The van der Waals surface area contributed by atoms with Crippen molar-refractivity contribution >= 4 is 17.8 Å². The van der Waals surface area contributed by atoms with E-state index in [0.717, 1.165) is 11.6 Å². The Hall–Kier alpha value is -3.42. The highest BCUT2D eigenvalue weighted by Crippen LogP contribution is 2.26. The Balaban J connectivity index is 1.92. The number of para-hydroxylation sites is 1. The van der Waals surface area contributed by atoms with Gasteiger partial charge < -0.3 is 9.84 Å². The maximum Gasteiger partial charge on any atom is 0.311 e. The predicted octanol–water partition coefficient (Wildman–Crippen LogP) is 2.95. The first-order valence-electron chi connectivity index (χ1n) is 7.89. The number of nitro groups is 1. The summed E-state index contributed by atoms with van der Waals surface area (Å²) in [6.45, 7) is 3.85. The number of hydrazone groups is 1. The number of carbonyl (C=O) groups excluding carboxylic acids is 1. The molecule has 2 aromatic rings. The number of phenols is 1. The number of ether oxygens (including phenoxy) is 1. The number of nitro benzene ring substituents is 1. The van der Waals surface area contributed by atoms with E-state index in [4.69, 9.17) is 4.74 Å². The van der Waals surface area contributed by atoms with E-state index in [1.807, 2.05) is 32.0 Å². The molecule has 2 aromatic carbocycles. The van der Waals surface area contributed by atoms with Crippen molar-refractivity contribution in [3.05, 3.63) is 63.7 Å². The van der Waals surface area contributed by atoms with Gasteiger partial charge in [-0.2, -0.15) is 5.10 Å². The first-order chi connectivity index (χ1) is 12.4.